The van der Waals surface area contributed by atoms with Crippen LogP contribution < -0.4 is 5.48 Å². The Labute approximate surface area is 87.7 Å². The Morgan fingerprint density at radius 3 is 3.27 bits per heavy atom. The molecule has 0 unspecified atom stereocenters. The van der Waals surface area contributed by atoms with Crippen molar-refractivity contribution in [2.24, 2.45) is 0 Å². The molecule has 0 radical (unpaired) electrons. The van der Waals surface area contributed by atoms with E-state index >= 15 is 0 Å². The van der Waals surface area contributed by atoms with Crippen LogP contribution in [0, 0.1) is 0 Å². The Hall–Kier alpha value is -1.10. The summed E-state index contributed by atoms with van der Waals surface area (Å²) in [6, 6.07) is 5.96. The molecule has 2 atom stereocenters. The maximum Gasteiger partial charge on any atom is 0.109 e. The van der Waals surface area contributed by atoms with Gasteiger partial charge in [-0.25, -0.2) is 10.7 Å². The fraction of sp³-hybridized carbons (Fsp3) is 0.455. The summed E-state index contributed by atoms with van der Waals surface area (Å²) in [7, 11) is 0. The third-order valence-corrected chi connectivity index (χ3v) is 3.13. The van der Waals surface area contributed by atoms with Crippen LogP contribution in [0.2, 0.25) is 0 Å². The summed E-state index contributed by atoms with van der Waals surface area (Å²) in [4.78, 5) is 3.91. The van der Waals surface area contributed by atoms with Crippen molar-refractivity contribution in [2.75, 3.05) is 5.48 Å². The van der Waals surface area contributed by atoms with Gasteiger partial charge >= 0.3 is 0 Å². The Morgan fingerprint density at radius 1 is 1.47 bits per heavy atom. The molecule has 1 aliphatic carbocycles. The molecular weight excluding hydrogens is 194 g/mol. The zero-order valence-corrected chi connectivity index (χ0v) is 8.27. The van der Waals surface area contributed by atoms with Crippen LogP contribution in [0.1, 0.15) is 30.1 Å². The van der Waals surface area contributed by atoms with Gasteiger partial charge in [-0.15, -0.1) is 4.99 Å². The van der Waals surface area contributed by atoms with Crippen molar-refractivity contribution >= 4 is 5.69 Å². The highest BCUT2D eigenvalue weighted by Gasteiger charge is 2.42. The minimum Gasteiger partial charge on any atom is -0.364 e. The molecule has 3 rings (SSSR count). The number of aryl methyl sites for hydroxylation is 1. The van der Waals surface area contributed by atoms with E-state index in [9.17, 15) is 0 Å². The van der Waals surface area contributed by atoms with E-state index in [1.807, 2.05) is 12.1 Å². The van der Waals surface area contributed by atoms with Gasteiger partial charge in [-0.1, -0.05) is 6.07 Å². The number of anilines is 1. The molecule has 0 amide bonds. The highest BCUT2D eigenvalue weighted by atomic mass is 17.2. The van der Waals surface area contributed by atoms with E-state index in [2.05, 4.69) is 16.5 Å². The summed E-state index contributed by atoms with van der Waals surface area (Å²) in [6.07, 6.45) is 4.14. The molecule has 4 nitrogen and oxygen atoms in total. The largest absolute Gasteiger partial charge is 0.364 e. The van der Waals surface area contributed by atoms with Gasteiger partial charge in [-0.3, -0.25) is 0 Å². The molecule has 1 fully saturated rings. The summed E-state index contributed by atoms with van der Waals surface area (Å²) in [6.45, 7) is 0. The van der Waals surface area contributed by atoms with E-state index in [1.54, 1.807) is 0 Å². The first-order valence-electron chi connectivity index (χ1n) is 5.23. The summed E-state index contributed by atoms with van der Waals surface area (Å²) in [5.74, 6) is 0. The van der Waals surface area contributed by atoms with Crippen LogP contribution in [0.15, 0.2) is 18.2 Å². The predicted octanol–water partition coefficient (Wildman–Crippen LogP) is 2.28. The number of rotatable bonds is 2. The van der Waals surface area contributed by atoms with E-state index in [0.29, 0.717) is 6.10 Å². The van der Waals surface area contributed by atoms with Gasteiger partial charge in [0.05, 0.1) is 11.8 Å². The number of nitrogens with one attached hydrogen (secondary N) is 1. The molecule has 4 heteroatoms. The van der Waals surface area contributed by atoms with E-state index in [-0.39, 0.29) is 6.10 Å². The fourth-order valence-electron chi connectivity index (χ4n) is 2.33. The average molecular weight is 207 g/mol. The molecule has 80 valence electrons. The number of hydrogen-bond acceptors (Lipinski definition) is 4. The standard InChI is InChI=1S/C11H13NO3/c13-15-12-8-5-4-7-2-1-3-10-11(14-10)9(7)6-8/h4-6,10-13H,1-3H2/t10-,11+/m0/s1. The third-order valence-electron chi connectivity index (χ3n) is 3.13. The molecule has 1 aliphatic heterocycles. The number of ether oxygens (including phenoxy) is 1. The molecule has 2 aliphatic rings. The SMILES string of the molecule is OONc1ccc2c(c1)[C@H]1O[C@H]1CCC2. The molecule has 1 aromatic carbocycles. The average Bonchev–Trinajstić information content (AvgIpc) is 2.98. The van der Waals surface area contributed by atoms with Crippen molar-refractivity contribution < 1.29 is 15.0 Å². The number of fused-ring (bicyclic) bond motifs is 3. The van der Waals surface area contributed by atoms with Crippen LogP contribution in [0.3, 0.4) is 0 Å². The number of benzene rings is 1. The van der Waals surface area contributed by atoms with Crippen molar-refractivity contribution in [1.29, 1.82) is 0 Å². The molecule has 1 saturated heterocycles. The van der Waals surface area contributed by atoms with Crippen LogP contribution >= 0.6 is 0 Å². The van der Waals surface area contributed by atoms with Gasteiger partial charge in [0.15, 0.2) is 0 Å². The first kappa shape index (κ1) is 9.15. The molecular formula is C11H13NO3. The van der Waals surface area contributed by atoms with E-state index < -0.39 is 0 Å². The van der Waals surface area contributed by atoms with Crippen molar-refractivity contribution in [2.45, 2.75) is 31.5 Å². The minimum atomic E-state index is 0.267. The molecule has 0 aromatic heterocycles. The second-order valence-electron chi connectivity index (χ2n) is 4.09. The first-order chi connectivity index (χ1) is 7.38. The second kappa shape index (κ2) is 3.48. The topological polar surface area (TPSA) is 54.0 Å². The lowest BCUT2D eigenvalue weighted by atomic mass is 10.0. The van der Waals surface area contributed by atoms with Crippen LogP contribution in [0.5, 0.6) is 0 Å². The molecule has 0 spiro atoms. The maximum atomic E-state index is 8.31. The smallest absolute Gasteiger partial charge is 0.109 e. The number of epoxide rings is 1. The molecule has 1 aromatic rings. The first-order valence-corrected chi connectivity index (χ1v) is 5.23. The molecule has 1 heterocycles. The van der Waals surface area contributed by atoms with Gasteiger partial charge < -0.3 is 4.74 Å². The third kappa shape index (κ3) is 1.61. The van der Waals surface area contributed by atoms with Gasteiger partial charge in [0.2, 0.25) is 0 Å². The lowest BCUT2D eigenvalue weighted by Gasteiger charge is -2.08. The maximum absolute atomic E-state index is 8.31. The quantitative estimate of drug-likeness (QED) is 0.444. The second-order valence-corrected chi connectivity index (χ2v) is 4.09. The highest BCUT2D eigenvalue weighted by Crippen LogP contribution is 2.46. The molecule has 0 saturated carbocycles. The monoisotopic (exact) mass is 207 g/mol. The van der Waals surface area contributed by atoms with Gasteiger partial charge in [-0.2, -0.15) is 0 Å². The molecule has 2 N–H and O–H groups in total. The Balaban J connectivity index is 1.95. The predicted molar refractivity (Wildman–Crippen MR) is 54.3 cm³/mol. The Bertz CT molecular complexity index is 380. The van der Waals surface area contributed by atoms with Gasteiger partial charge in [0, 0.05) is 0 Å². The normalized spacial score (nSPS) is 27.5. The van der Waals surface area contributed by atoms with Crippen molar-refractivity contribution in [3.63, 3.8) is 0 Å². The van der Waals surface area contributed by atoms with Crippen LogP contribution in [-0.2, 0) is 16.1 Å². The minimum absolute atomic E-state index is 0.267. The molecule has 0 bridgehead atoms. The Morgan fingerprint density at radius 2 is 2.40 bits per heavy atom. The summed E-state index contributed by atoms with van der Waals surface area (Å²) in [5, 5.41) is 8.31. The molecule has 15 heavy (non-hydrogen) atoms. The Kier molecular flexibility index (Phi) is 2.12. The van der Waals surface area contributed by atoms with Crippen LogP contribution in [0.25, 0.3) is 0 Å². The summed E-state index contributed by atoms with van der Waals surface area (Å²) >= 11 is 0. The van der Waals surface area contributed by atoms with E-state index in [1.165, 1.54) is 17.5 Å². The van der Waals surface area contributed by atoms with E-state index in [4.69, 9.17) is 9.99 Å². The summed E-state index contributed by atoms with van der Waals surface area (Å²) in [5.41, 5.74) is 5.76. The van der Waals surface area contributed by atoms with Crippen LogP contribution in [-0.4, -0.2) is 11.4 Å². The highest BCUT2D eigenvalue weighted by molar-refractivity contribution is 5.49. The van der Waals surface area contributed by atoms with Crippen molar-refractivity contribution in [3.05, 3.63) is 29.3 Å². The zero-order chi connectivity index (χ0) is 10.3. The lowest BCUT2D eigenvalue weighted by molar-refractivity contribution is -0.215. The van der Waals surface area contributed by atoms with E-state index in [0.717, 1.165) is 18.5 Å². The van der Waals surface area contributed by atoms with Crippen molar-refractivity contribution in [1.82, 2.24) is 0 Å². The lowest BCUT2D eigenvalue weighted by Crippen LogP contribution is -1.99. The zero-order valence-electron chi connectivity index (χ0n) is 8.27. The number of hydrogen-bond donors (Lipinski definition) is 2. The fourth-order valence-corrected chi connectivity index (χ4v) is 2.33. The van der Waals surface area contributed by atoms with Gasteiger partial charge in [0.1, 0.15) is 6.10 Å². The van der Waals surface area contributed by atoms with Crippen molar-refractivity contribution in [3.8, 4) is 0 Å². The summed E-state index contributed by atoms with van der Waals surface area (Å²) < 4.78 is 5.59. The van der Waals surface area contributed by atoms with Gasteiger partial charge in [-0.05, 0) is 42.5 Å². The van der Waals surface area contributed by atoms with Gasteiger partial charge in [0.25, 0.3) is 0 Å². The van der Waals surface area contributed by atoms with Crippen LogP contribution in [0.4, 0.5) is 5.69 Å².